The molecule has 0 radical (unpaired) electrons. The van der Waals surface area contributed by atoms with E-state index in [1.807, 2.05) is 32.1 Å². The lowest BCUT2D eigenvalue weighted by Gasteiger charge is -2.07. The van der Waals surface area contributed by atoms with Gasteiger partial charge in [-0.2, -0.15) is 10.2 Å². The van der Waals surface area contributed by atoms with Gasteiger partial charge in [0.1, 0.15) is 5.01 Å². The highest BCUT2D eigenvalue weighted by molar-refractivity contribution is 7.15. The standard InChI is InChI=1S/C23H30N6OS/c1-6-19(13-17(4)15-24-16(2)3)14-21(30)25-23-29-28-22(31-23)10-8-7-9-20-12-11-18(5)26-27-20/h6,11-13,24H,1-2,4,7-10,14-15H2,3,5H3,(H,25,29,30)/b19-13+. The Hall–Kier alpha value is -3.13. The van der Waals surface area contributed by atoms with E-state index in [0.717, 1.165) is 58.9 Å². The van der Waals surface area contributed by atoms with E-state index in [1.165, 1.54) is 11.3 Å². The first kappa shape index (κ1) is 24.1. The van der Waals surface area contributed by atoms with Crippen LogP contribution >= 0.6 is 11.3 Å². The summed E-state index contributed by atoms with van der Waals surface area (Å²) in [6, 6.07) is 3.99. The maximum absolute atomic E-state index is 12.3. The number of carbonyl (C=O) groups is 1. The molecular formula is C23H30N6OS. The molecule has 0 aliphatic carbocycles. The van der Waals surface area contributed by atoms with E-state index >= 15 is 0 Å². The van der Waals surface area contributed by atoms with Crippen LogP contribution in [0.1, 0.15) is 42.6 Å². The topological polar surface area (TPSA) is 92.7 Å². The van der Waals surface area contributed by atoms with Crippen molar-refractivity contribution in [1.82, 2.24) is 25.7 Å². The predicted molar refractivity (Wildman–Crippen MR) is 127 cm³/mol. The number of carbonyl (C=O) groups excluding carboxylic acids is 1. The summed E-state index contributed by atoms with van der Waals surface area (Å²) >= 11 is 1.40. The first-order chi connectivity index (χ1) is 14.9. The van der Waals surface area contributed by atoms with Crippen LogP contribution in [0.4, 0.5) is 5.13 Å². The smallest absolute Gasteiger partial charge is 0.230 e. The molecule has 0 saturated heterocycles. The van der Waals surface area contributed by atoms with Crippen molar-refractivity contribution in [3.05, 3.63) is 77.3 Å². The zero-order valence-corrected chi connectivity index (χ0v) is 19.1. The number of aryl methyl sites for hydroxylation is 3. The molecule has 0 bridgehead atoms. The second kappa shape index (κ2) is 12.5. The van der Waals surface area contributed by atoms with Gasteiger partial charge in [0.25, 0.3) is 0 Å². The summed E-state index contributed by atoms with van der Waals surface area (Å²) in [6.07, 6.45) is 7.39. The molecule has 2 rings (SSSR count). The first-order valence-corrected chi connectivity index (χ1v) is 11.0. The molecule has 8 heteroatoms. The van der Waals surface area contributed by atoms with E-state index in [0.29, 0.717) is 11.7 Å². The average molecular weight is 439 g/mol. The average Bonchev–Trinajstić information content (AvgIpc) is 3.17. The fourth-order valence-electron chi connectivity index (χ4n) is 2.66. The molecule has 2 heterocycles. The third kappa shape index (κ3) is 9.48. The zero-order chi connectivity index (χ0) is 22.6. The number of hydrogen-bond donors (Lipinski definition) is 2. The van der Waals surface area contributed by atoms with Crippen molar-refractivity contribution >= 4 is 22.4 Å². The van der Waals surface area contributed by atoms with Crippen LogP contribution in [0.25, 0.3) is 0 Å². The van der Waals surface area contributed by atoms with Gasteiger partial charge in [0, 0.05) is 18.7 Å². The lowest BCUT2D eigenvalue weighted by Crippen LogP contribution is -2.14. The number of unbranched alkanes of at least 4 members (excludes halogenated alkanes) is 1. The normalized spacial score (nSPS) is 11.1. The Balaban J connectivity index is 1.75. The monoisotopic (exact) mass is 438 g/mol. The first-order valence-electron chi connectivity index (χ1n) is 10.2. The molecule has 31 heavy (non-hydrogen) atoms. The number of hydrogen-bond acceptors (Lipinski definition) is 7. The number of nitrogens with zero attached hydrogens (tertiary/aromatic N) is 4. The highest BCUT2D eigenvalue weighted by Gasteiger charge is 2.10. The molecule has 2 N–H and O–H groups in total. The highest BCUT2D eigenvalue weighted by Crippen LogP contribution is 2.18. The van der Waals surface area contributed by atoms with Gasteiger partial charge < -0.3 is 10.6 Å². The summed E-state index contributed by atoms with van der Waals surface area (Å²) in [7, 11) is 0. The molecule has 0 aromatic carbocycles. The van der Waals surface area contributed by atoms with Crippen molar-refractivity contribution in [2.45, 2.75) is 46.0 Å². The second-order valence-electron chi connectivity index (χ2n) is 7.31. The van der Waals surface area contributed by atoms with Crippen LogP contribution in [0.3, 0.4) is 0 Å². The van der Waals surface area contributed by atoms with E-state index in [1.54, 1.807) is 6.08 Å². The fourth-order valence-corrected chi connectivity index (χ4v) is 3.45. The van der Waals surface area contributed by atoms with E-state index in [-0.39, 0.29) is 12.3 Å². The highest BCUT2D eigenvalue weighted by atomic mass is 32.1. The van der Waals surface area contributed by atoms with Gasteiger partial charge >= 0.3 is 0 Å². The Morgan fingerprint density at radius 1 is 1.13 bits per heavy atom. The number of aromatic nitrogens is 4. The Bertz CT molecular complexity index is 945. The summed E-state index contributed by atoms with van der Waals surface area (Å²) in [5.74, 6) is -0.160. The molecule has 164 valence electrons. The van der Waals surface area contributed by atoms with Gasteiger partial charge in [-0.15, -0.1) is 10.2 Å². The molecule has 0 fully saturated rings. The van der Waals surface area contributed by atoms with Crippen molar-refractivity contribution in [2.24, 2.45) is 0 Å². The van der Waals surface area contributed by atoms with Crippen LogP contribution in [-0.4, -0.2) is 32.8 Å². The Morgan fingerprint density at radius 2 is 1.90 bits per heavy atom. The lowest BCUT2D eigenvalue weighted by atomic mass is 10.1. The summed E-state index contributed by atoms with van der Waals surface area (Å²) < 4.78 is 0. The molecule has 0 saturated carbocycles. The number of anilines is 1. The minimum Gasteiger partial charge on any atom is -0.385 e. The minimum atomic E-state index is -0.160. The Morgan fingerprint density at radius 3 is 2.58 bits per heavy atom. The van der Waals surface area contributed by atoms with Gasteiger partial charge in [-0.25, -0.2) is 0 Å². The zero-order valence-electron chi connectivity index (χ0n) is 18.3. The molecule has 7 nitrogen and oxygen atoms in total. The maximum atomic E-state index is 12.3. The van der Waals surface area contributed by atoms with Crippen molar-refractivity contribution in [2.75, 3.05) is 11.9 Å². The summed E-state index contributed by atoms with van der Waals surface area (Å²) in [5, 5.41) is 23.8. The van der Waals surface area contributed by atoms with Crippen molar-refractivity contribution in [1.29, 1.82) is 0 Å². The van der Waals surface area contributed by atoms with E-state index in [4.69, 9.17) is 0 Å². The molecule has 0 atom stereocenters. The maximum Gasteiger partial charge on any atom is 0.230 e. The van der Waals surface area contributed by atoms with Gasteiger partial charge in [0.2, 0.25) is 11.0 Å². The summed E-state index contributed by atoms with van der Waals surface area (Å²) in [4.78, 5) is 12.3. The molecule has 0 aliphatic rings. The number of amides is 1. The van der Waals surface area contributed by atoms with E-state index in [9.17, 15) is 4.79 Å². The van der Waals surface area contributed by atoms with E-state index in [2.05, 4.69) is 50.8 Å². The number of allylic oxidation sites excluding steroid dienone is 2. The van der Waals surface area contributed by atoms with Gasteiger partial charge in [-0.3, -0.25) is 4.79 Å². The lowest BCUT2D eigenvalue weighted by molar-refractivity contribution is -0.115. The Labute approximate surface area is 188 Å². The molecule has 0 spiro atoms. The number of rotatable bonds is 13. The van der Waals surface area contributed by atoms with Gasteiger partial charge in [-0.05, 0) is 56.4 Å². The van der Waals surface area contributed by atoms with Crippen molar-refractivity contribution < 1.29 is 4.79 Å². The molecule has 1 amide bonds. The second-order valence-corrected chi connectivity index (χ2v) is 8.38. The van der Waals surface area contributed by atoms with Crippen LogP contribution in [0, 0.1) is 6.92 Å². The Kier molecular flexibility index (Phi) is 9.77. The van der Waals surface area contributed by atoms with Crippen molar-refractivity contribution in [3.8, 4) is 0 Å². The number of nitrogens with one attached hydrogen (secondary N) is 2. The molecular weight excluding hydrogens is 408 g/mol. The quantitative estimate of drug-likeness (QED) is 0.357. The van der Waals surface area contributed by atoms with Crippen LogP contribution in [0.5, 0.6) is 0 Å². The fraction of sp³-hybridized carbons (Fsp3) is 0.348. The third-order valence-electron chi connectivity index (χ3n) is 4.27. The minimum absolute atomic E-state index is 0.160. The SMILES string of the molecule is C=C/C(=C\C(=C)CNC(=C)C)CC(=O)Nc1nnc(CCCCc2ccc(C)nn2)s1. The van der Waals surface area contributed by atoms with Gasteiger partial charge in [0.05, 0.1) is 17.8 Å². The molecule has 2 aromatic rings. The van der Waals surface area contributed by atoms with Crippen LogP contribution in [0.15, 0.2) is 60.9 Å². The predicted octanol–water partition coefficient (Wildman–Crippen LogP) is 4.32. The van der Waals surface area contributed by atoms with Crippen LogP contribution in [0.2, 0.25) is 0 Å². The van der Waals surface area contributed by atoms with Crippen molar-refractivity contribution in [3.63, 3.8) is 0 Å². The largest absolute Gasteiger partial charge is 0.385 e. The third-order valence-corrected chi connectivity index (χ3v) is 5.17. The molecule has 0 unspecified atom stereocenters. The van der Waals surface area contributed by atoms with Gasteiger partial charge in [0.15, 0.2) is 0 Å². The summed E-state index contributed by atoms with van der Waals surface area (Å²) in [6.45, 7) is 15.9. The molecule has 0 aliphatic heterocycles. The van der Waals surface area contributed by atoms with Crippen LogP contribution in [-0.2, 0) is 17.6 Å². The summed E-state index contributed by atoms with van der Waals surface area (Å²) in [5.41, 5.74) is 4.42. The van der Waals surface area contributed by atoms with Crippen LogP contribution < -0.4 is 10.6 Å². The molecule has 2 aromatic heterocycles. The van der Waals surface area contributed by atoms with E-state index < -0.39 is 0 Å². The van der Waals surface area contributed by atoms with Gasteiger partial charge in [-0.1, -0.05) is 43.2 Å².